The van der Waals surface area contributed by atoms with Gasteiger partial charge in [-0.25, -0.2) is 9.97 Å². The average molecular weight is 255 g/mol. The van der Waals surface area contributed by atoms with Crippen molar-refractivity contribution in [3.63, 3.8) is 0 Å². The van der Waals surface area contributed by atoms with E-state index >= 15 is 0 Å². The maximum Gasteiger partial charge on any atom is 0.137 e. The number of aryl methyl sites for hydroxylation is 1. The first-order valence-electron chi connectivity index (χ1n) is 5.89. The minimum absolute atomic E-state index is 0.540. The molecule has 0 atom stereocenters. The largest absolute Gasteiger partial charge is 0.399 e. The summed E-state index contributed by atoms with van der Waals surface area (Å²) in [6, 6.07) is 7.42. The zero-order valence-electron chi connectivity index (χ0n) is 10.4. The summed E-state index contributed by atoms with van der Waals surface area (Å²) in [5.74, 6) is 1.52. The lowest BCUT2D eigenvalue weighted by molar-refractivity contribution is 0.391. The lowest BCUT2D eigenvalue weighted by atomic mass is 10.2. The Morgan fingerprint density at radius 3 is 2.95 bits per heavy atom. The van der Waals surface area contributed by atoms with E-state index in [1.54, 1.807) is 0 Å². The van der Waals surface area contributed by atoms with Crippen molar-refractivity contribution < 1.29 is 4.52 Å². The van der Waals surface area contributed by atoms with Gasteiger partial charge >= 0.3 is 0 Å². The summed E-state index contributed by atoms with van der Waals surface area (Å²) in [7, 11) is 0. The molecule has 1 aromatic carbocycles. The number of rotatable bonds is 3. The van der Waals surface area contributed by atoms with Crippen molar-refractivity contribution in [1.82, 2.24) is 15.1 Å². The molecular weight excluding hydrogens is 242 g/mol. The maximum atomic E-state index is 5.79. The van der Waals surface area contributed by atoms with Crippen LogP contribution in [0.5, 0.6) is 0 Å². The van der Waals surface area contributed by atoms with E-state index in [0.717, 1.165) is 28.2 Å². The molecule has 6 nitrogen and oxygen atoms in total. The molecular formula is C13H13N5O. The third kappa shape index (κ3) is 2.33. The van der Waals surface area contributed by atoms with Gasteiger partial charge in [-0.3, -0.25) is 0 Å². The van der Waals surface area contributed by atoms with Gasteiger partial charge in [0, 0.05) is 17.1 Å². The SMILES string of the molecule is Cc1cc(CNc2ncnc3ccc(N)cc23)no1. The quantitative estimate of drug-likeness (QED) is 0.697. The molecule has 96 valence electrons. The van der Waals surface area contributed by atoms with Crippen LogP contribution in [0.4, 0.5) is 11.5 Å². The van der Waals surface area contributed by atoms with Gasteiger partial charge in [0.15, 0.2) is 0 Å². The van der Waals surface area contributed by atoms with Gasteiger partial charge in [0.05, 0.1) is 12.1 Å². The molecule has 0 aliphatic rings. The van der Waals surface area contributed by atoms with E-state index in [-0.39, 0.29) is 0 Å². The van der Waals surface area contributed by atoms with Gasteiger partial charge in [-0.1, -0.05) is 5.16 Å². The molecule has 6 heteroatoms. The summed E-state index contributed by atoms with van der Waals surface area (Å²) in [6.07, 6.45) is 1.52. The molecule has 0 saturated carbocycles. The van der Waals surface area contributed by atoms with Crippen LogP contribution in [0.15, 0.2) is 35.1 Å². The highest BCUT2D eigenvalue weighted by Gasteiger charge is 2.05. The summed E-state index contributed by atoms with van der Waals surface area (Å²) in [5.41, 5.74) is 8.15. The molecule has 0 amide bonds. The van der Waals surface area contributed by atoms with Gasteiger partial charge in [-0.05, 0) is 25.1 Å². The smallest absolute Gasteiger partial charge is 0.137 e. The highest BCUT2D eigenvalue weighted by molar-refractivity contribution is 5.91. The van der Waals surface area contributed by atoms with Crippen LogP contribution < -0.4 is 11.1 Å². The summed E-state index contributed by atoms with van der Waals surface area (Å²) in [5, 5.41) is 8.03. The number of aromatic nitrogens is 3. The van der Waals surface area contributed by atoms with E-state index in [0.29, 0.717) is 12.2 Å². The second kappa shape index (κ2) is 4.56. The van der Waals surface area contributed by atoms with Crippen molar-refractivity contribution in [2.45, 2.75) is 13.5 Å². The van der Waals surface area contributed by atoms with E-state index in [2.05, 4.69) is 20.4 Å². The molecule has 2 heterocycles. The van der Waals surface area contributed by atoms with Gasteiger partial charge in [-0.15, -0.1) is 0 Å². The number of nitrogens with two attached hydrogens (primary N) is 1. The Kier molecular flexibility index (Phi) is 2.75. The molecule has 0 spiro atoms. The Bertz CT molecular complexity index is 722. The van der Waals surface area contributed by atoms with Crippen molar-refractivity contribution in [1.29, 1.82) is 0 Å². The molecule has 0 fully saturated rings. The van der Waals surface area contributed by atoms with Crippen LogP contribution in [0.1, 0.15) is 11.5 Å². The maximum absolute atomic E-state index is 5.79. The number of nitrogens with one attached hydrogen (secondary N) is 1. The Balaban J connectivity index is 1.90. The zero-order chi connectivity index (χ0) is 13.2. The molecule has 0 radical (unpaired) electrons. The number of nitrogens with zero attached hydrogens (tertiary/aromatic N) is 3. The number of fused-ring (bicyclic) bond motifs is 1. The van der Waals surface area contributed by atoms with Crippen LogP contribution in [-0.4, -0.2) is 15.1 Å². The van der Waals surface area contributed by atoms with Gasteiger partial charge in [-0.2, -0.15) is 0 Å². The molecule has 0 saturated heterocycles. The molecule has 3 aromatic rings. The fourth-order valence-electron chi connectivity index (χ4n) is 1.89. The monoisotopic (exact) mass is 255 g/mol. The van der Waals surface area contributed by atoms with Crippen molar-refractivity contribution in [2.24, 2.45) is 0 Å². The van der Waals surface area contributed by atoms with E-state index in [4.69, 9.17) is 10.3 Å². The normalized spacial score (nSPS) is 10.8. The molecule has 3 N–H and O–H groups in total. The molecule has 0 aliphatic heterocycles. The number of anilines is 2. The Morgan fingerprint density at radius 2 is 2.16 bits per heavy atom. The van der Waals surface area contributed by atoms with Gasteiger partial charge in [0.25, 0.3) is 0 Å². The lowest BCUT2D eigenvalue weighted by Crippen LogP contribution is -2.03. The molecule has 2 aromatic heterocycles. The van der Waals surface area contributed by atoms with Crippen molar-refractivity contribution in [3.8, 4) is 0 Å². The Hall–Kier alpha value is -2.63. The average Bonchev–Trinajstić information content (AvgIpc) is 2.82. The topological polar surface area (TPSA) is 89.9 Å². The number of hydrogen-bond donors (Lipinski definition) is 2. The van der Waals surface area contributed by atoms with Crippen molar-refractivity contribution >= 4 is 22.4 Å². The first-order chi connectivity index (χ1) is 9.22. The van der Waals surface area contributed by atoms with E-state index in [9.17, 15) is 0 Å². The highest BCUT2D eigenvalue weighted by Crippen LogP contribution is 2.22. The second-order valence-electron chi connectivity index (χ2n) is 4.28. The molecule has 3 rings (SSSR count). The minimum atomic E-state index is 0.540. The van der Waals surface area contributed by atoms with Gasteiger partial charge in [0.1, 0.15) is 23.6 Å². The Labute approximate surface area is 109 Å². The van der Waals surface area contributed by atoms with Crippen LogP contribution >= 0.6 is 0 Å². The third-order valence-corrected chi connectivity index (χ3v) is 2.77. The van der Waals surface area contributed by atoms with Crippen molar-refractivity contribution in [2.75, 3.05) is 11.1 Å². The molecule has 0 bridgehead atoms. The van der Waals surface area contributed by atoms with Crippen LogP contribution in [-0.2, 0) is 6.54 Å². The van der Waals surface area contributed by atoms with Gasteiger partial charge in [0.2, 0.25) is 0 Å². The summed E-state index contributed by atoms with van der Waals surface area (Å²) >= 11 is 0. The zero-order valence-corrected chi connectivity index (χ0v) is 10.4. The highest BCUT2D eigenvalue weighted by atomic mass is 16.5. The standard InChI is InChI=1S/C13H13N5O/c1-8-4-10(18-19-8)6-15-13-11-5-9(14)2-3-12(11)16-7-17-13/h2-5,7H,6,14H2,1H3,(H,15,16,17). The predicted octanol–water partition coefficient (Wildman–Crippen LogP) is 2.12. The van der Waals surface area contributed by atoms with Crippen LogP contribution in [0.25, 0.3) is 10.9 Å². The van der Waals surface area contributed by atoms with Gasteiger partial charge < -0.3 is 15.6 Å². The molecule has 0 aliphatic carbocycles. The van der Waals surface area contributed by atoms with E-state index in [1.807, 2.05) is 31.2 Å². The fourth-order valence-corrected chi connectivity index (χ4v) is 1.89. The Morgan fingerprint density at radius 1 is 1.26 bits per heavy atom. The summed E-state index contributed by atoms with van der Waals surface area (Å²) in [4.78, 5) is 8.43. The van der Waals surface area contributed by atoms with Crippen LogP contribution in [0.2, 0.25) is 0 Å². The third-order valence-electron chi connectivity index (χ3n) is 2.77. The number of benzene rings is 1. The number of nitrogen functional groups attached to an aromatic ring is 1. The first kappa shape index (κ1) is 11.5. The summed E-state index contributed by atoms with van der Waals surface area (Å²) < 4.78 is 5.02. The van der Waals surface area contributed by atoms with E-state index in [1.165, 1.54) is 6.33 Å². The van der Waals surface area contributed by atoms with Crippen LogP contribution in [0.3, 0.4) is 0 Å². The first-order valence-corrected chi connectivity index (χ1v) is 5.89. The predicted molar refractivity (Wildman–Crippen MR) is 72.5 cm³/mol. The van der Waals surface area contributed by atoms with Crippen molar-refractivity contribution in [3.05, 3.63) is 42.0 Å². The second-order valence-corrected chi connectivity index (χ2v) is 4.28. The fraction of sp³-hybridized carbons (Fsp3) is 0.154. The van der Waals surface area contributed by atoms with E-state index < -0.39 is 0 Å². The minimum Gasteiger partial charge on any atom is -0.399 e. The summed E-state index contributed by atoms with van der Waals surface area (Å²) in [6.45, 7) is 2.40. The lowest BCUT2D eigenvalue weighted by Gasteiger charge is -2.07. The molecule has 0 unspecified atom stereocenters. The molecule has 19 heavy (non-hydrogen) atoms. The van der Waals surface area contributed by atoms with Crippen LogP contribution in [0, 0.1) is 6.92 Å². The number of hydrogen-bond acceptors (Lipinski definition) is 6.